The van der Waals surface area contributed by atoms with Gasteiger partial charge in [-0.2, -0.15) is 0 Å². The monoisotopic (exact) mass is 266 g/mol. The summed E-state index contributed by atoms with van der Waals surface area (Å²) in [6.07, 6.45) is 4.28. The number of rotatable bonds is 4. The Morgan fingerprint density at radius 1 is 1.26 bits per heavy atom. The van der Waals surface area contributed by atoms with Crippen LogP contribution in [0.25, 0.3) is 0 Å². The van der Waals surface area contributed by atoms with Crippen molar-refractivity contribution >= 4 is 0 Å². The molecule has 19 heavy (non-hydrogen) atoms. The van der Waals surface area contributed by atoms with Gasteiger partial charge in [0.25, 0.3) is 0 Å². The maximum Gasteiger partial charge on any atom is 0.0244 e. The highest BCUT2D eigenvalue weighted by Gasteiger charge is 2.45. The van der Waals surface area contributed by atoms with Gasteiger partial charge in [0.2, 0.25) is 0 Å². The minimum atomic E-state index is 0.364. The number of nitrogens with one attached hydrogen (secondary N) is 1. The predicted molar refractivity (Wildman–Crippen MR) is 83.4 cm³/mol. The Morgan fingerprint density at radius 2 is 1.89 bits per heavy atom. The SMILES string of the molecule is CCC1(CN2CC(C(C)(C)C)NCC2C(C)C)CC1. The summed E-state index contributed by atoms with van der Waals surface area (Å²) in [5, 5.41) is 3.80. The Bertz CT molecular complexity index is 299. The first kappa shape index (κ1) is 15.3. The van der Waals surface area contributed by atoms with E-state index in [0.29, 0.717) is 16.9 Å². The molecule has 2 rings (SSSR count). The van der Waals surface area contributed by atoms with E-state index in [-0.39, 0.29) is 0 Å². The van der Waals surface area contributed by atoms with E-state index in [1.807, 2.05) is 0 Å². The van der Waals surface area contributed by atoms with E-state index in [4.69, 9.17) is 0 Å². The summed E-state index contributed by atoms with van der Waals surface area (Å²) in [4.78, 5) is 2.81. The van der Waals surface area contributed by atoms with E-state index in [1.54, 1.807) is 0 Å². The molecule has 0 aromatic rings. The molecule has 1 saturated heterocycles. The average Bonchev–Trinajstić information content (AvgIpc) is 3.08. The molecule has 2 heteroatoms. The fourth-order valence-electron chi connectivity index (χ4n) is 3.48. The van der Waals surface area contributed by atoms with Gasteiger partial charge in [0.05, 0.1) is 0 Å². The maximum absolute atomic E-state index is 3.80. The van der Waals surface area contributed by atoms with E-state index in [1.165, 1.54) is 38.9 Å². The van der Waals surface area contributed by atoms with Crippen LogP contribution in [0, 0.1) is 16.7 Å². The quantitative estimate of drug-likeness (QED) is 0.837. The van der Waals surface area contributed by atoms with Crippen LogP contribution in [0.2, 0.25) is 0 Å². The highest BCUT2D eigenvalue weighted by Crippen LogP contribution is 2.49. The van der Waals surface area contributed by atoms with Gasteiger partial charge in [-0.25, -0.2) is 0 Å². The summed E-state index contributed by atoms with van der Waals surface area (Å²) in [5.74, 6) is 0.751. The number of hydrogen-bond acceptors (Lipinski definition) is 2. The van der Waals surface area contributed by atoms with Gasteiger partial charge in [0.15, 0.2) is 0 Å². The summed E-state index contributed by atoms with van der Waals surface area (Å²) < 4.78 is 0. The Balaban J connectivity index is 2.05. The Kier molecular flexibility index (Phi) is 4.32. The zero-order valence-electron chi connectivity index (χ0n) is 13.9. The average molecular weight is 266 g/mol. The van der Waals surface area contributed by atoms with Gasteiger partial charge in [0, 0.05) is 31.7 Å². The zero-order valence-corrected chi connectivity index (χ0v) is 13.9. The van der Waals surface area contributed by atoms with Crippen LogP contribution < -0.4 is 5.32 Å². The van der Waals surface area contributed by atoms with Crippen LogP contribution in [0.1, 0.15) is 60.8 Å². The molecule has 112 valence electrons. The molecule has 0 aromatic heterocycles. The number of piperazine rings is 1. The predicted octanol–water partition coefficient (Wildman–Crippen LogP) is 3.52. The van der Waals surface area contributed by atoms with E-state index in [0.717, 1.165) is 12.0 Å². The lowest BCUT2D eigenvalue weighted by molar-refractivity contribution is 0.0462. The third kappa shape index (κ3) is 3.52. The molecule has 0 radical (unpaired) electrons. The topological polar surface area (TPSA) is 15.3 Å². The lowest BCUT2D eigenvalue weighted by Gasteiger charge is -2.47. The molecule has 1 aliphatic carbocycles. The van der Waals surface area contributed by atoms with Crippen molar-refractivity contribution in [1.29, 1.82) is 0 Å². The minimum absolute atomic E-state index is 0.364. The highest BCUT2D eigenvalue weighted by molar-refractivity contribution is 4.99. The normalized spacial score (nSPS) is 31.7. The third-order valence-electron chi connectivity index (χ3n) is 5.52. The molecule has 1 aliphatic heterocycles. The van der Waals surface area contributed by atoms with Crippen LogP contribution in [0.15, 0.2) is 0 Å². The summed E-state index contributed by atoms with van der Waals surface area (Å²) in [7, 11) is 0. The molecule has 0 bridgehead atoms. The van der Waals surface area contributed by atoms with Gasteiger partial charge in [-0.15, -0.1) is 0 Å². The van der Waals surface area contributed by atoms with Crippen molar-refractivity contribution in [2.45, 2.75) is 72.9 Å². The van der Waals surface area contributed by atoms with Crippen LogP contribution in [-0.4, -0.2) is 36.6 Å². The first-order valence-corrected chi connectivity index (χ1v) is 8.25. The zero-order chi connectivity index (χ0) is 14.3. The van der Waals surface area contributed by atoms with Crippen LogP contribution in [0.3, 0.4) is 0 Å². The summed E-state index contributed by atoms with van der Waals surface area (Å²) in [6, 6.07) is 1.36. The molecule has 1 heterocycles. The van der Waals surface area contributed by atoms with Crippen LogP contribution in [0.4, 0.5) is 0 Å². The van der Waals surface area contributed by atoms with Crippen molar-refractivity contribution in [3.63, 3.8) is 0 Å². The summed E-state index contributed by atoms with van der Waals surface area (Å²) >= 11 is 0. The smallest absolute Gasteiger partial charge is 0.0244 e. The first-order chi connectivity index (χ1) is 8.77. The molecule has 2 nitrogen and oxygen atoms in total. The molecule has 0 amide bonds. The molecular formula is C17H34N2. The Hall–Kier alpha value is -0.0800. The van der Waals surface area contributed by atoms with Crippen molar-refractivity contribution in [2.75, 3.05) is 19.6 Å². The van der Waals surface area contributed by atoms with Crippen LogP contribution >= 0.6 is 0 Å². The molecular weight excluding hydrogens is 232 g/mol. The number of nitrogens with zero attached hydrogens (tertiary/aromatic N) is 1. The third-order valence-corrected chi connectivity index (χ3v) is 5.52. The Labute approximate surface area is 120 Å². The van der Waals surface area contributed by atoms with Crippen molar-refractivity contribution in [3.8, 4) is 0 Å². The molecule has 2 unspecified atom stereocenters. The van der Waals surface area contributed by atoms with Gasteiger partial charge < -0.3 is 5.32 Å². The second-order valence-corrected chi connectivity index (χ2v) is 8.42. The largest absolute Gasteiger partial charge is 0.311 e. The van der Waals surface area contributed by atoms with E-state index in [2.05, 4.69) is 51.8 Å². The van der Waals surface area contributed by atoms with E-state index >= 15 is 0 Å². The van der Waals surface area contributed by atoms with Gasteiger partial charge in [-0.3, -0.25) is 4.90 Å². The fraction of sp³-hybridized carbons (Fsp3) is 1.00. The van der Waals surface area contributed by atoms with E-state index < -0.39 is 0 Å². The molecule has 0 aromatic carbocycles. The van der Waals surface area contributed by atoms with E-state index in [9.17, 15) is 0 Å². The van der Waals surface area contributed by atoms with Gasteiger partial charge >= 0.3 is 0 Å². The minimum Gasteiger partial charge on any atom is -0.311 e. The highest BCUT2D eigenvalue weighted by atomic mass is 15.2. The van der Waals surface area contributed by atoms with Crippen LogP contribution in [-0.2, 0) is 0 Å². The molecule has 1 N–H and O–H groups in total. The molecule has 0 spiro atoms. The van der Waals surface area contributed by atoms with Gasteiger partial charge in [0.1, 0.15) is 0 Å². The summed E-state index contributed by atoms with van der Waals surface area (Å²) in [6.45, 7) is 18.0. The standard InChI is InChI=1S/C17H34N2/c1-7-17(8-9-17)12-19-11-15(16(4,5)6)18-10-14(19)13(2)3/h13-15,18H,7-12H2,1-6H3. The second-order valence-electron chi connectivity index (χ2n) is 8.42. The lowest BCUT2D eigenvalue weighted by atomic mass is 9.83. The van der Waals surface area contributed by atoms with Crippen molar-refractivity contribution in [3.05, 3.63) is 0 Å². The van der Waals surface area contributed by atoms with Gasteiger partial charge in [-0.1, -0.05) is 41.5 Å². The Morgan fingerprint density at radius 3 is 2.32 bits per heavy atom. The first-order valence-electron chi connectivity index (χ1n) is 8.25. The van der Waals surface area contributed by atoms with Crippen molar-refractivity contribution in [1.82, 2.24) is 10.2 Å². The van der Waals surface area contributed by atoms with Crippen molar-refractivity contribution < 1.29 is 0 Å². The van der Waals surface area contributed by atoms with Crippen LogP contribution in [0.5, 0.6) is 0 Å². The molecule has 1 saturated carbocycles. The molecule has 2 aliphatic rings. The van der Waals surface area contributed by atoms with Gasteiger partial charge in [-0.05, 0) is 36.0 Å². The maximum atomic E-state index is 3.80. The number of hydrogen-bond donors (Lipinski definition) is 1. The summed E-state index contributed by atoms with van der Waals surface area (Å²) in [5.41, 5.74) is 1.04. The lowest BCUT2D eigenvalue weighted by Crippen LogP contribution is -2.62. The van der Waals surface area contributed by atoms with Crippen molar-refractivity contribution in [2.24, 2.45) is 16.7 Å². The molecule has 2 fully saturated rings. The fourth-order valence-corrected chi connectivity index (χ4v) is 3.48. The second kappa shape index (κ2) is 5.37. The molecule has 2 atom stereocenters.